The first-order valence-corrected chi connectivity index (χ1v) is 15.4. The maximum Gasteiger partial charge on any atom is 0.281 e. The van der Waals surface area contributed by atoms with Crippen molar-refractivity contribution in [1.82, 2.24) is 40.0 Å². The highest BCUT2D eigenvalue weighted by atomic mass is 19.3. The second-order valence-electron chi connectivity index (χ2n) is 11.3. The number of anilines is 3. The number of halogens is 2. The Balaban J connectivity index is 1.15. The number of piperidine rings is 1. The minimum Gasteiger partial charge on any atom is -0.378 e. The average molecular weight is 644 g/mol. The van der Waals surface area contributed by atoms with Crippen LogP contribution in [-0.4, -0.2) is 125 Å². The van der Waals surface area contributed by atoms with Crippen LogP contribution in [0, 0.1) is 5.92 Å². The lowest BCUT2D eigenvalue weighted by molar-refractivity contribution is -0.132. The summed E-state index contributed by atoms with van der Waals surface area (Å²) in [5, 5.41) is 2.92. The summed E-state index contributed by atoms with van der Waals surface area (Å²) in [5.74, 6) is 0.0384. The third-order valence-electron chi connectivity index (χ3n) is 8.32. The Morgan fingerprint density at radius 1 is 0.957 bits per heavy atom. The molecule has 0 aromatic carbocycles. The van der Waals surface area contributed by atoms with Crippen molar-refractivity contribution in [1.29, 1.82) is 0 Å². The highest BCUT2D eigenvalue weighted by Crippen LogP contribution is 2.30. The van der Waals surface area contributed by atoms with Crippen molar-refractivity contribution in [3.8, 4) is 11.4 Å². The van der Waals surface area contributed by atoms with E-state index in [1.165, 1.54) is 12.3 Å². The lowest BCUT2D eigenvalue weighted by atomic mass is 9.96. The van der Waals surface area contributed by atoms with Crippen LogP contribution in [0.3, 0.4) is 0 Å². The zero-order valence-electron chi connectivity index (χ0n) is 25.6. The normalized spacial score (nSPS) is 17.7. The van der Waals surface area contributed by atoms with Crippen molar-refractivity contribution < 1.29 is 27.9 Å². The van der Waals surface area contributed by atoms with Gasteiger partial charge in [0.1, 0.15) is 5.69 Å². The molecule has 15 nitrogen and oxygen atoms in total. The number of likely N-dealkylation sites (tertiary alicyclic amines) is 1. The maximum atomic E-state index is 13.9. The molecule has 2 aromatic rings. The van der Waals surface area contributed by atoms with Gasteiger partial charge in [-0.2, -0.15) is 15.0 Å². The van der Waals surface area contributed by atoms with Crippen LogP contribution in [0.4, 0.5) is 26.6 Å². The third-order valence-corrected chi connectivity index (χ3v) is 8.32. The smallest absolute Gasteiger partial charge is 0.281 e. The third kappa shape index (κ3) is 7.99. The van der Waals surface area contributed by atoms with Gasteiger partial charge in [0.15, 0.2) is 5.82 Å². The topological polar surface area (TPSA) is 176 Å². The zero-order chi connectivity index (χ0) is 32.6. The van der Waals surface area contributed by atoms with Crippen LogP contribution in [0.25, 0.3) is 11.4 Å². The van der Waals surface area contributed by atoms with Gasteiger partial charge in [0.25, 0.3) is 6.43 Å². The largest absolute Gasteiger partial charge is 0.378 e. The number of nitrogen functional groups attached to an aromatic ring is 1. The Hall–Kier alpha value is -4.54. The molecule has 0 aliphatic carbocycles. The summed E-state index contributed by atoms with van der Waals surface area (Å²) in [6.45, 7) is 8.68. The van der Waals surface area contributed by atoms with Gasteiger partial charge < -0.3 is 35.4 Å². The first-order valence-electron chi connectivity index (χ1n) is 15.4. The van der Waals surface area contributed by atoms with Crippen molar-refractivity contribution >= 4 is 35.6 Å². The highest BCUT2D eigenvalue weighted by Gasteiger charge is 2.28. The van der Waals surface area contributed by atoms with Gasteiger partial charge in [-0.1, -0.05) is 6.58 Å². The molecule has 0 unspecified atom stereocenters. The van der Waals surface area contributed by atoms with Gasteiger partial charge in [-0.25, -0.2) is 18.7 Å². The van der Waals surface area contributed by atoms with Crippen LogP contribution in [0.5, 0.6) is 0 Å². The fourth-order valence-electron chi connectivity index (χ4n) is 5.67. The molecular formula is C29H39F2N11O4. The summed E-state index contributed by atoms with van der Waals surface area (Å²) < 4.78 is 33.2. The van der Waals surface area contributed by atoms with Crippen LogP contribution in [0.1, 0.15) is 37.8 Å². The zero-order valence-corrected chi connectivity index (χ0v) is 25.6. The number of rotatable bonds is 10. The Kier molecular flexibility index (Phi) is 10.8. The molecule has 0 spiro atoms. The number of piperazine rings is 1. The number of morpholine rings is 1. The number of carbonyl (C=O) groups is 3. The van der Waals surface area contributed by atoms with Crippen LogP contribution < -0.4 is 20.9 Å². The molecular weight excluding hydrogens is 604 g/mol. The molecule has 0 bridgehead atoms. The molecule has 17 heteroatoms. The molecule has 0 radical (unpaired) electrons. The number of nitrogens with zero attached hydrogens (tertiary/aromatic N) is 9. The lowest BCUT2D eigenvalue weighted by Gasteiger charge is -2.35. The van der Waals surface area contributed by atoms with Gasteiger partial charge in [0.05, 0.1) is 18.8 Å². The fourth-order valence-corrected chi connectivity index (χ4v) is 5.67. The van der Waals surface area contributed by atoms with Gasteiger partial charge >= 0.3 is 0 Å². The molecule has 3 amide bonds. The first-order chi connectivity index (χ1) is 22.2. The van der Waals surface area contributed by atoms with E-state index < -0.39 is 12.1 Å². The van der Waals surface area contributed by atoms with E-state index in [9.17, 15) is 23.2 Å². The van der Waals surface area contributed by atoms with Crippen molar-refractivity contribution in [2.24, 2.45) is 5.92 Å². The summed E-state index contributed by atoms with van der Waals surface area (Å²) in [6, 6.07) is 0. The number of nitrogens with one attached hydrogen (secondary N) is 1. The highest BCUT2D eigenvalue weighted by molar-refractivity contribution is 5.87. The van der Waals surface area contributed by atoms with E-state index in [0.717, 1.165) is 0 Å². The lowest BCUT2D eigenvalue weighted by Crippen LogP contribution is -2.49. The Morgan fingerprint density at radius 3 is 2.24 bits per heavy atom. The summed E-state index contributed by atoms with van der Waals surface area (Å²) in [7, 11) is 0. The standard InChI is InChI=1S/C29H39F2N11O4/c1-2-21(43)39-8-5-19(6-9-39)26(45)33-7-3-4-22(44)40-10-12-41(13-11-40)28-36-25(20-18-34-27(32)35-23(20)24(30)31)37-29(38-28)42-14-16-46-17-15-42/h2,18-19,24H,1,3-17H2,(H,33,45)(H2,32,34,35). The second kappa shape index (κ2) is 15.2. The predicted molar refractivity (Wildman–Crippen MR) is 164 cm³/mol. The SMILES string of the molecule is C=CC(=O)N1CCC(C(=O)NCCCC(=O)N2CCN(c3nc(-c4cnc(N)nc4C(F)F)nc(N4CCOCC4)n3)CC2)CC1. The van der Waals surface area contributed by atoms with Gasteiger partial charge in [0.2, 0.25) is 35.6 Å². The van der Waals surface area contributed by atoms with E-state index in [0.29, 0.717) is 103 Å². The summed E-state index contributed by atoms with van der Waals surface area (Å²) >= 11 is 0. The number of carbonyl (C=O) groups excluding carboxylic acids is 3. The Bertz CT molecular complexity index is 1410. The summed E-state index contributed by atoms with van der Waals surface area (Å²) in [5.41, 5.74) is 4.98. The molecule has 3 saturated heterocycles. The molecule has 5 rings (SSSR count). The number of nitrogens with two attached hydrogens (primary N) is 1. The van der Waals surface area contributed by atoms with Crippen LogP contribution in [0.2, 0.25) is 0 Å². The molecule has 46 heavy (non-hydrogen) atoms. The van der Waals surface area contributed by atoms with Crippen molar-refractivity contribution in [2.45, 2.75) is 32.1 Å². The molecule has 3 N–H and O–H groups in total. The minimum atomic E-state index is -2.91. The molecule has 3 aliphatic rings. The fraction of sp³-hybridized carbons (Fsp3) is 0.586. The van der Waals surface area contributed by atoms with E-state index in [4.69, 9.17) is 10.5 Å². The number of hydrogen-bond donors (Lipinski definition) is 2. The van der Waals surface area contributed by atoms with E-state index in [-0.39, 0.29) is 47.4 Å². The molecule has 3 aliphatic heterocycles. The van der Waals surface area contributed by atoms with Gasteiger partial charge in [-0.3, -0.25) is 14.4 Å². The number of alkyl halides is 2. The number of ether oxygens (including phenoxy) is 1. The minimum absolute atomic E-state index is 0.0122. The first kappa shape index (κ1) is 32.8. The van der Waals surface area contributed by atoms with Crippen molar-refractivity contribution in [3.05, 3.63) is 24.5 Å². The van der Waals surface area contributed by atoms with Crippen molar-refractivity contribution in [2.75, 3.05) is 87.7 Å². The maximum absolute atomic E-state index is 13.9. The molecule has 5 heterocycles. The van der Waals surface area contributed by atoms with Crippen LogP contribution >= 0.6 is 0 Å². The van der Waals surface area contributed by atoms with Gasteiger partial charge in [-0.15, -0.1) is 0 Å². The molecule has 0 atom stereocenters. The van der Waals surface area contributed by atoms with E-state index >= 15 is 0 Å². The summed E-state index contributed by atoms with van der Waals surface area (Å²) in [4.78, 5) is 65.8. The van der Waals surface area contributed by atoms with E-state index in [2.05, 4.69) is 36.8 Å². The summed E-state index contributed by atoms with van der Waals surface area (Å²) in [6.07, 6.45) is 1.57. The van der Waals surface area contributed by atoms with E-state index in [1.807, 2.05) is 9.80 Å². The molecule has 2 aromatic heterocycles. The van der Waals surface area contributed by atoms with Crippen molar-refractivity contribution in [3.63, 3.8) is 0 Å². The van der Waals surface area contributed by atoms with Gasteiger partial charge in [-0.05, 0) is 25.3 Å². The average Bonchev–Trinajstić information content (AvgIpc) is 3.09. The Labute approximate surface area is 265 Å². The Morgan fingerprint density at radius 2 is 1.61 bits per heavy atom. The quantitative estimate of drug-likeness (QED) is 0.274. The van der Waals surface area contributed by atoms with Crippen LogP contribution in [-0.2, 0) is 19.1 Å². The predicted octanol–water partition coefficient (Wildman–Crippen LogP) is 0.655. The monoisotopic (exact) mass is 643 g/mol. The number of aromatic nitrogens is 5. The van der Waals surface area contributed by atoms with Gasteiger partial charge in [0, 0.05) is 77.4 Å². The van der Waals surface area contributed by atoms with E-state index in [1.54, 1.807) is 9.80 Å². The number of amides is 3. The molecule has 0 saturated carbocycles. The second-order valence-corrected chi connectivity index (χ2v) is 11.3. The number of hydrogen-bond acceptors (Lipinski definition) is 12. The molecule has 248 valence electrons. The van der Waals surface area contributed by atoms with Crippen LogP contribution in [0.15, 0.2) is 18.9 Å². The molecule has 3 fully saturated rings.